The van der Waals surface area contributed by atoms with Gasteiger partial charge < -0.3 is 9.47 Å². The monoisotopic (exact) mass is 394 g/mol. The molecule has 0 aliphatic carbocycles. The zero-order valence-electron chi connectivity index (χ0n) is 12.6. The van der Waals surface area contributed by atoms with E-state index in [1.165, 1.54) is 6.92 Å². The van der Waals surface area contributed by atoms with Crippen molar-refractivity contribution in [2.24, 2.45) is 0 Å². The predicted molar refractivity (Wildman–Crippen MR) is 67.6 cm³/mol. The fourth-order valence-electron chi connectivity index (χ4n) is 1.59. The number of hydrogen-bond acceptors (Lipinski definition) is 4. The van der Waals surface area contributed by atoms with Crippen LogP contribution >= 0.6 is 0 Å². The summed E-state index contributed by atoms with van der Waals surface area (Å²) in [4.78, 5) is 0. The molecule has 0 bridgehead atoms. The number of ether oxygens (including phenoxy) is 2. The summed E-state index contributed by atoms with van der Waals surface area (Å²) < 4.78 is 127. The molecule has 0 saturated carbocycles. The van der Waals surface area contributed by atoms with Gasteiger partial charge >= 0.3 is 12.3 Å². The van der Waals surface area contributed by atoms with Gasteiger partial charge in [0.25, 0.3) is 10.1 Å². The van der Waals surface area contributed by atoms with Gasteiger partial charge in [-0.25, -0.2) is 8.78 Å². The highest BCUT2D eigenvalue weighted by molar-refractivity contribution is 7.85. The van der Waals surface area contributed by atoms with E-state index in [9.17, 15) is 39.2 Å². The minimum absolute atomic E-state index is 0.116. The van der Waals surface area contributed by atoms with Gasteiger partial charge in [-0.1, -0.05) is 6.92 Å². The molecular weight excluding hydrogens is 377 g/mol. The van der Waals surface area contributed by atoms with E-state index in [2.05, 4.69) is 9.47 Å². The van der Waals surface area contributed by atoms with Crippen molar-refractivity contribution >= 4 is 10.1 Å². The zero-order valence-corrected chi connectivity index (χ0v) is 13.4. The summed E-state index contributed by atoms with van der Waals surface area (Å²) >= 11 is 0. The second-order valence-corrected chi connectivity index (χ2v) is 6.60. The highest BCUT2D eigenvalue weighted by atomic mass is 32.2. The summed E-state index contributed by atoms with van der Waals surface area (Å²) in [6.45, 7) is 0.309. The third kappa shape index (κ3) is 11.0. The first-order valence-electron chi connectivity index (χ1n) is 6.52. The maximum atomic E-state index is 13.1. The molecule has 2 atom stereocenters. The molecule has 0 aliphatic heterocycles. The van der Waals surface area contributed by atoms with Crippen LogP contribution < -0.4 is 0 Å². The van der Waals surface area contributed by atoms with Crippen LogP contribution in [0.4, 0.5) is 30.7 Å². The van der Waals surface area contributed by atoms with Crippen molar-refractivity contribution in [3.05, 3.63) is 0 Å². The highest BCUT2D eigenvalue weighted by Crippen LogP contribution is 2.31. The largest absolute Gasteiger partial charge is 0.417 e. The van der Waals surface area contributed by atoms with Gasteiger partial charge in [-0.2, -0.15) is 30.4 Å². The maximum absolute atomic E-state index is 13.1. The van der Waals surface area contributed by atoms with Crippen molar-refractivity contribution < 1.29 is 53.2 Å². The molecule has 0 radical (unpaired) electrons. The van der Waals surface area contributed by atoms with E-state index in [1.807, 2.05) is 0 Å². The van der Waals surface area contributed by atoms with Gasteiger partial charge in [0, 0.05) is 6.42 Å². The van der Waals surface area contributed by atoms with E-state index >= 15 is 0 Å². The lowest BCUT2D eigenvalue weighted by atomic mass is 10.1. The molecule has 0 rings (SSSR count). The lowest BCUT2D eigenvalue weighted by molar-refractivity contribution is -0.325. The van der Waals surface area contributed by atoms with Crippen LogP contribution in [0.25, 0.3) is 0 Å². The first-order chi connectivity index (χ1) is 10.5. The molecule has 0 amide bonds. The minimum atomic E-state index is -5.38. The second-order valence-electron chi connectivity index (χ2n) is 5.15. The van der Waals surface area contributed by atoms with Gasteiger partial charge in [-0.3, -0.25) is 4.55 Å². The second kappa shape index (κ2) is 8.15. The Balaban J connectivity index is 4.98. The third-order valence-corrected chi connectivity index (χ3v) is 3.26. The number of hydrogen-bond donors (Lipinski definition) is 1. The third-order valence-electron chi connectivity index (χ3n) is 2.55. The molecule has 0 aliphatic rings. The van der Waals surface area contributed by atoms with Crippen molar-refractivity contribution in [3.63, 3.8) is 0 Å². The fourth-order valence-corrected chi connectivity index (χ4v) is 2.09. The fraction of sp³-hybridized carbons (Fsp3) is 1.00. The van der Waals surface area contributed by atoms with Gasteiger partial charge in [0.05, 0.1) is 12.7 Å². The van der Waals surface area contributed by atoms with Crippen molar-refractivity contribution in [1.29, 1.82) is 0 Å². The molecule has 0 heterocycles. The van der Waals surface area contributed by atoms with E-state index in [0.717, 1.165) is 0 Å². The standard InChI is InChI=1S/C11H17F7O5S/c1-3-7(4-9(2,12)13)22-5-8(11(16,17)18)23-10(14,15)6-24(19,20)21/h7-8H,3-6H2,1-2H3,(H,19,20,21). The van der Waals surface area contributed by atoms with Crippen LogP contribution in [-0.2, 0) is 19.6 Å². The summed E-state index contributed by atoms with van der Waals surface area (Å²) in [5, 5.41) is 0. The Morgan fingerprint density at radius 3 is 1.92 bits per heavy atom. The van der Waals surface area contributed by atoms with Crippen molar-refractivity contribution in [2.75, 3.05) is 12.4 Å². The molecule has 13 heteroatoms. The van der Waals surface area contributed by atoms with E-state index in [4.69, 9.17) is 4.55 Å². The summed E-state index contributed by atoms with van der Waals surface area (Å²) in [5.74, 6) is -5.64. The Morgan fingerprint density at radius 1 is 1.08 bits per heavy atom. The van der Waals surface area contributed by atoms with E-state index in [-0.39, 0.29) is 6.42 Å². The van der Waals surface area contributed by atoms with Crippen LogP contribution in [0.5, 0.6) is 0 Å². The Hall–Kier alpha value is -0.660. The van der Waals surface area contributed by atoms with Gasteiger partial charge in [0.1, 0.15) is 0 Å². The van der Waals surface area contributed by atoms with E-state index < -0.39 is 59.3 Å². The molecule has 0 aromatic rings. The number of alkyl halides is 7. The molecule has 24 heavy (non-hydrogen) atoms. The van der Waals surface area contributed by atoms with Crippen LogP contribution in [0, 0.1) is 0 Å². The molecule has 2 unspecified atom stereocenters. The normalized spacial score (nSPS) is 16.9. The molecule has 5 nitrogen and oxygen atoms in total. The summed E-state index contributed by atoms with van der Waals surface area (Å²) in [7, 11) is -5.32. The molecule has 0 spiro atoms. The predicted octanol–water partition coefficient (Wildman–Crippen LogP) is 3.26. The first kappa shape index (κ1) is 23.3. The lowest BCUT2D eigenvalue weighted by Crippen LogP contribution is -2.45. The van der Waals surface area contributed by atoms with Gasteiger partial charge in [0.2, 0.25) is 5.92 Å². The maximum Gasteiger partial charge on any atom is 0.417 e. The molecule has 146 valence electrons. The average Bonchev–Trinajstić information content (AvgIpc) is 2.26. The summed E-state index contributed by atoms with van der Waals surface area (Å²) in [6.07, 6.45) is -15.9. The Kier molecular flexibility index (Phi) is 7.92. The molecule has 0 fully saturated rings. The number of halogens is 7. The molecule has 0 saturated heterocycles. The smallest absolute Gasteiger partial charge is 0.375 e. The Labute approximate surface area is 133 Å². The van der Waals surface area contributed by atoms with E-state index in [0.29, 0.717) is 6.92 Å². The highest BCUT2D eigenvalue weighted by Gasteiger charge is 2.49. The van der Waals surface area contributed by atoms with Crippen LogP contribution in [0.1, 0.15) is 26.7 Å². The molecule has 0 aromatic carbocycles. The lowest BCUT2D eigenvalue weighted by Gasteiger charge is -2.27. The summed E-state index contributed by atoms with van der Waals surface area (Å²) in [6, 6.07) is 0. The van der Waals surface area contributed by atoms with Crippen molar-refractivity contribution in [3.8, 4) is 0 Å². The quantitative estimate of drug-likeness (QED) is 0.455. The van der Waals surface area contributed by atoms with Crippen LogP contribution in [0.2, 0.25) is 0 Å². The zero-order chi connectivity index (χ0) is 19.4. The van der Waals surface area contributed by atoms with Gasteiger partial charge in [-0.05, 0) is 13.3 Å². The molecule has 0 aromatic heterocycles. The topological polar surface area (TPSA) is 72.8 Å². The van der Waals surface area contributed by atoms with Crippen molar-refractivity contribution in [2.45, 2.75) is 57.1 Å². The van der Waals surface area contributed by atoms with E-state index in [1.54, 1.807) is 0 Å². The van der Waals surface area contributed by atoms with Crippen LogP contribution in [-0.4, -0.2) is 55.7 Å². The molecule has 1 N–H and O–H groups in total. The average molecular weight is 394 g/mol. The van der Waals surface area contributed by atoms with Gasteiger partial charge in [0.15, 0.2) is 11.9 Å². The number of rotatable bonds is 10. The summed E-state index contributed by atoms with van der Waals surface area (Å²) in [5.41, 5.74) is 0. The van der Waals surface area contributed by atoms with Crippen LogP contribution in [0.3, 0.4) is 0 Å². The Morgan fingerprint density at radius 2 is 1.58 bits per heavy atom. The van der Waals surface area contributed by atoms with Crippen molar-refractivity contribution in [1.82, 2.24) is 0 Å². The Bertz CT molecular complexity index is 486. The first-order valence-corrected chi connectivity index (χ1v) is 8.13. The SMILES string of the molecule is CCC(CC(C)(F)F)OCC(OC(F)(F)CS(=O)(=O)O)C(F)(F)F. The van der Waals surface area contributed by atoms with Gasteiger partial charge in [-0.15, -0.1) is 0 Å². The minimum Gasteiger partial charge on any atom is -0.375 e. The van der Waals surface area contributed by atoms with Crippen LogP contribution in [0.15, 0.2) is 0 Å². The molecular formula is C11H17F7O5S.